The summed E-state index contributed by atoms with van der Waals surface area (Å²) in [6, 6.07) is 5.30. The minimum atomic E-state index is 0.697. The van der Waals surface area contributed by atoms with Gasteiger partial charge in [-0.1, -0.05) is 24.6 Å². The number of aryl methyl sites for hydroxylation is 3. The van der Waals surface area contributed by atoms with Gasteiger partial charge in [0.05, 0.1) is 0 Å². The van der Waals surface area contributed by atoms with Crippen molar-refractivity contribution in [1.82, 2.24) is 10.2 Å². The van der Waals surface area contributed by atoms with E-state index >= 15 is 0 Å². The maximum Gasteiger partial charge on any atom is 0.0213 e. The number of likely N-dealkylation sites (tertiary alicyclic amines) is 1. The van der Waals surface area contributed by atoms with E-state index in [1.807, 2.05) is 0 Å². The van der Waals surface area contributed by atoms with Crippen LogP contribution in [0.15, 0.2) is 12.1 Å². The molecule has 1 aromatic rings. The van der Waals surface area contributed by atoms with Crippen molar-refractivity contribution in [2.75, 3.05) is 19.6 Å². The minimum Gasteiger partial charge on any atom is -0.310 e. The van der Waals surface area contributed by atoms with Crippen LogP contribution >= 0.6 is 0 Å². The normalized spacial score (nSPS) is 17.6. The Hall–Kier alpha value is -0.860. The molecule has 0 unspecified atom stereocenters. The first-order chi connectivity index (χ1) is 9.60. The van der Waals surface area contributed by atoms with E-state index in [0.29, 0.717) is 6.04 Å². The first-order valence-electron chi connectivity index (χ1n) is 8.12. The van der Waals surface area contributed by atoms with Crippen LogP contribution in [0.4, 0.5) is 0 Å². The lowest BCUT2D eigenvalue weighted by molar-refractivity contribution is 0.197. The first kappa shape index (κ1) is 15.5. The van der Waals surface area contributed by atoms with E-state index < -0.39 is 0 Å². The van der Waals surface area contributed by atoms with Crippen molar-refractivity contribution < 1.29 is 0 Å². The van der Waals surface area contributed by atoms with E-state index in [0.717, 1.165) is 6.54 Å². The molecule has 0 aromatic heterocycles. The quantitative estimate of drug-likeness (QED) is 0.883. The van der Waals surface area contributed by atoms with Crippen LogP contribution in [0.1, 0.15) is 48.4 Å². The third kappa shape index (κ3) is 4.07. The molecule has 0 bridgehead atoms. The lowest BCUT2D eigenvalue weighted by Crippen LogP contribution is -2.42. The molecule has 0 spiro atoms. The highest BCUT2D eigenvalue weighted by molar-refractivity contribution is 5.37. The van der Waals surface area contributed by atoms with Crippen LogP contribution in [0, 0.1) is 20.8 Å². The van der Waals surface area contributed by atoms with Gasteiger partial charge in [0.25, 0.3) is 0 Å². The van der Waals surface area contributed by atoms with Crippen molar-refractivity contribution in [1.29, 1.82) is 0 Å². The highest BCUT2D eigenvalue weighted by Crippen LogP contribution is 2.17. The predicted molar refractivity (Wildman–Crippen MR) is 87.2 cm³/mol. The predicted octanol–water partition coefficient (Wildman–Crippen LogP) is 3.58. The number of nitrogens with zero attached hydrogens (tertiary/aromatic N) is 1. The van der Waals surface area contributed by atoms with Crippen molar-refractivity contribution in [2.45, 2.75) is 59.5 Å². The van der Waals surface area contributed by atoms with E-state index in [4.69, 9.17) is 0 Å². The van der Waals surface area contributed by atoms with Gasteiger partial charge in [0, 0.05) is 12.6 Å². The molecule has 0 atom stereocenters. The van der Waals surface area contributed by atoms with E-state index in [2.05, 4.69) is 50.0 Å². The molecule has 1 aliphatic heterocycles. The van der Waals surface area contributed by atoms with Crippen molar-refractivity contribution >= 4 is 0 Å². The van der Waals surface area contributed by atoms with Gasteiger partial charge in [-0.05, 0) is 76.4 Å². The van der Waals surface area contributed by atoms with Gasteiger partial charge >= 0.3 is 0 Å². The van der Waals surface area contributed by atoms with Crippen molar-refractivity contribution in [2.24, 2.45) is 0 Å². The molecule has 2 nitrogen and oxygen atoms in total. The van der Waals surface area contributed by atoms with Crippen molar-refractivity contribution in [3.8, 4) is 0 Å². The second kappa shape index (κ2) is 7.24. The smallest absolute Gasteiger partial charge is 0.0213 e. The zero-order valence-electron chi connectivity index (χ0n) is 13.6. The SMILES string of the molecule is CCCN1CCC(NCc2c(C)cc(C)cc2C)CC1. The van der Waals surface area contributed by atoms with Gasteiger partial charge in [0.2, 0.25) is 0 Å². The van der Waals surface area contributed by atoms with Gasteiger partial charge in [0.15, 0.2) is 0 Å². The molecule has 0 amide bonds. The number of rotatable bonds is 5. The Labute approximate surface area is 124 Å². The Morgan fingerprint density at radius 1 is 1.10 bits per heavy atom. The summed E-state index contributed by atoms with van der Waals surface area (Å²) < 4.78 is 0. The van der Waals surface area contributed by atoms with Crippen LogP contribution in [0.2, 0.25) is 0 Å². The average Bonchev–Trinajstić information content (AvgIpc) is 2.39. The molecule has 2 heteroatoms. The summed E-state index contributed by atoms with van der Waals surface area (Å²) in [6.07, 6.45) is 3.87. The number of hydrogen-bond acceptors (Lipinski definition) is 2. The Kier molecular flexibility index (Phi) is 5.62. The molecule has 1 saturated heterocycles. The lowest BCUT2D eigenvalue weighted by Gasteiger charge is -2.32. The Morgan fingerprint density at radius 3 is 2.25 bits per heavy atom. The third-order valence-electron chi connectivity index (χ3n) is 4.54. The molecule has 112 valence electrons. The van der Waals surface area contributed by atoms with Gasteiger partial charge in [-0.25, -0.2) is 0 Å². The van der Waals surface area contributed by atoms with E-state index in [9.17, 15) is 0 Å². The Balaban J connectivity index is 1.85. The van der Waals surface area contributed by atoms with Gasteiger partial charge in [-0.15, -0.1) is 0 Å². The molecule has 0 aliphatic carbocycles. The summed E-state index contributed by atoms with van der Waals surface area (Å²) in [5.74, 6) is 0. The molecule has 1 aliphatic rings. The summed E-state index contributed by atoms with van der Waals surface area (Å²) >= 11 is 0. The molecule has 1 heterocycles. The molecule has 1 N–H and O–H groups in total. The van der Waals surface area contributed by atoms with Gasteiger partial charge in [0.1, 0.15) is 0 Å². The molecule has 0 saturated carbocycles. The van der Waals surface area contributed by atoms with Crippen LogP contribution in [-0.2, 0) is 6.54 Å². The average molecular weight is 274 g/mol. The molecule has 1 fully saturated rings. The minimum absolute atomic E-state index is 0.697. The lowest BCUT2D eigenvalue weighted by atomic mass is 9.98. The van der Waals surface area contributed by atoms with E-state index in [-0.39, 0.29) is 0 Å². The fraction of sp³-hybridized carbons (Fsp3) is 0.667. The number of piperidine rings is 1. The Bertz CT molecular complexity index is 408. The van der Waals surface area contributed by atoms with Crippen LogP contribution in [0.5, 0.6) is 0 Å². The third-order valence-corrected chi connectivity index (χ3v) is 4.54. The molecule has 1 aromatic carbocycles. The molecular weight excluding hydrogens is 244 g/mol. The highest BCUT2D eigenvalue weighted by atomic mass is 15.1. The molecular formula is C18H30N2. The maximum absolute atomic E-state index is 3.77. The summed E-state index contributed by atoms with van der Waals surface area (Å²) in [4.78, 5) is 2.60. The number of hydrogen-bond donors (Lipinski definition) is 1. The van der Waals surface area contributed by atoms with Gasteiger partial charge in [-0.2, -0.15) is 0 Å². The fourth-order valence-electron chi connectivity index (χ4n) is 3.41. The molecule has 2 rings (SSSR count). The first-order valence-corrected chi connectivity index (χ1v) is 8.12. The number of nitrogens with one attached hydrogen (secondary N) is 1. The topological polar surface area (TPSA) is 15.3 Å². The zero-order chi connectivity index (χ0) is 14.5. The van der Waals surface area contributed by atoms with Crippen LogP contribution in [0.3, 0.4) is 0 Å². The second-order valence-electron chi connectivity index (χ2n) is 6.37. The fourth-order valence-corrected chi connectivity index (χ4v) is 3.41. The van der Waals surface area contributed by atoms with Crippen LogP contribution in [0.25, 0.3) is 0 Å². The van der Waals surface area contributed by atoms with E-state index in [1.165, 1.54) is 61.2 Å². The van der Waals surface area contributed by atoms with Crippen molar-refractivity contribution in [3.63, 3.8) is 0 Å². The van der Waals surface area contributed by atoms with E-state index in [1.54, 1.807) is 0 Å². The van der Waals surface area contributed by atoms with Crippen molar-refractivity contribution in [3.05, 3.63) is 34.4 Å². The standard InChI is InChI=1S/C18H30N2/c1-5-8-20-9-6-17(7-10-20)19-13-18-15(3)11-14(2)12-16(18)4/h11-12,17,19H,5-10,13H2,1-4H3. The molecule has 0 radical (unpaired) electrons. The zero-order valence-corrected chi connectivity index (χ0v) is 13.6. The second-order valence-corrected chi connectivity index (χ2v) is 6.37. The summed E-state index contributed by atoms with van der Waals surface area (Å²) in [5.41, 5.74) is 5.72. The highest BCUT2D eigenvalue weighted by Gasteiger charge is 2.18. The number of benzene rings is 1. The van der Waals surface area contributed by atoms with Gasteiger partial charge < -0.3 is 10.2 Å². The van der Waals surface area contributed by atoms with Gasteiger partial charge in [-0.3, -0.25) is 0 Å². The molecule has 20 heavy (non-hydrogen) atoms. The summed E-state index contributed by atoms with van der Waals surface area (Å²) in [7, 11) is 0. The van der Waals surface area contributed by atoms with Crippen LogP contribution < -0.4 is 5.32 Å². The Morgan fingerprint density at radius 2 is 1.70 bits per heavy atom. The maximum atomic E-state index is 3.77. The summed E-state index contributed by atoms with van der Waals surface area (Å²) in [5, 5.41) is 3.77. The monoisotopic (exact) mass is 274 g/mol. The largest absolute Gasteiger partial charge is 0.310 e. The van der Waals surface area contributed by atoms with Crippen LogP contribution in [-0.4, -0.2) is 30.6 Å². The summed E-state index contributed by atoms with van der Waals surface area (Å²) in [6.45, 7) is 13.7.